The van der Waals surface area contributed by atoms with Crippen LogP contribution in [0.25, 0.3) is 0 Å². The predicted octanol–water partition coefficient (Wildman–Crippen LogP) is 5.31. The molecule has 0 fully saturated rings. The van der Waals surface area contributed by atoms with Gasteiger partial charge in [0.05, 0.1) is 24.9 Å². The zero-order chi connectivity index (χ0) is 21.5. The maximum absolute atomic E-state index is 14.1. The molecule has 0 bridgehead atoms. The lowest BCUT2D eigenvalue weighted by Crippen LogP contribution is -2.38. The van der Waals surface area contributed by atoms with Crippen molar-refractivity contribution in [2.24, 2.45) is 0 Å². The van der Waals surface area contributed by atoms with Crippen LogP contribution < -0.4 is 9.47 Å². The first-order chi connectivity index (χ1) is 14.5. The Hall–Kier alpha value is -2.93. The Balaban J connectivity index is 1.71. The number of aromatic nitrogens is 1. The van der Waals surface area contributed by atoms with Gasteiger partial charge in [0, 0.05) is 11.4 Å². The maximum Gasteiger partial charge on any atom is 0.257 e. The van der Waals surface area contributed by atoms with Crippen molar-refractivity contribution in [1.29, 1.82) is 0 Å². The molecule has 1 atom stereocenters. The van der Waals surface area contributed by atoms with E-state index in [9.17, 15) is 9.18 Å². The largest absolute Gasteiger partial charge is 0.493 e. The van der Waals surface area contributed by atoms with Crippen LogP contribution >= 0.6 is 11.3 Å². The molecule has 7 heteroatoms. The van der Waals surface area contributed by atoms with Crippen LogP contribution in [0.2, 0.25) is 0 Å². The van der Waals surface area contributed by atoms with Gasteiger partial charge in [0.2, 0.25) is 0 Å². The fraction of sp³-hybridized carbons (Fsp3) is 0.304. The number of amides is 1. The average molecular weight is 429 g/mol. The minimum absolute atomic E-state index is 0.0490. The van der Waals surface area contributed by atoms with E-state index in [0.717, 1.165) is 17.1 Å². The summed E-state index contributed by atoms with van der Waals surface area (Å²) < 4.78 is 25.3. The predicted molar refractivity (Wildman–Crippen MR) is 115 cm³/mol. The van der Waals surface area contributed by atoms with Crippen LogP contribution in [0, 0.1) is 5.82 Å². The van der Waals surface area contributed by atoms with Gasteiger partial charge in [-0.25, -0.2) is 9.37 Å². The van der Waals surface area contributed by atoms with E-state index >= 15 is 0 Å². The number of carbonyl (C=O) groups is 1. The standard InChI is InChI=1S/C23H25FN2O3S/c1-4-16(2)26(23(27)18-9-5-6-10-19(18)24)13-17-15-30-22(25-17)14-29-21-12-8-7-11-20(21)28-3/h5-12,15-16H,4,13-14H2,1-3H3. The second kappa shape index (κ2) is 10.2. The van der Waals surface area contributed by atoms with E-state index in [1.807, 2.05) is 43.5 Å². The van der Waals surface area contributed by atoms with Crippen molar-refractivity contribution < 1.29 is 18.7 Å². The van der Waals surface area contributed by atoms with Crippen LogP contribution in [0.4, 0.5) is 4.39 Å². The minimum Gasteiger partial charge on any atom is -0.493 e. The van der Waals surface area contributed by atoms with Gasteiger partial charge < -0.3 is 14.4 Å². The first kappa shape index (κ1) is 21.8. The molecule has 0 aliphatic heterocycles. The first-order valence-electron chi connectivity index (χ1n) is 9.78. The van der Waals surface area contributed by atoms with Gasteiger partial charge in [0.1, 0.15) is 17.4 Å². The molecule has 3 aromatic rings. The third-order valence-corrected chi connectivity index (χ3v) is 5.71. The fourth-order valence-electron chi connectivity index (χ4n) is 2.98. The molecular formula is C23H25FN2O3S. The Morgan fingerprint density at radius 1 is 1.17 bits per heavy atom. The van der Waals surface area contributed by atoms with Crippen molar-refractivity contribution in [3.63, 3.8) is 0 Å². The number of ether oxygens (including phenoxy) is 2. The summed E-state index contributed by atoms with van der Waals surface area (Å²) >= 11 is 1.47. The topological polar surface area (TPSA) is 51.7 Å². The third-order valence-electron chi connectivity index (χ3n) is 4.84. The van der Waals surface area contributed by atoms with Gasteiger partial charge in [-0.15, -0.1) is 11.3 Å². The van der Waals surface area contributed by atoms with Gasteiger partial charge in [-0.2, -0.15) is 0 Å². The molecule has 5 nitrogen and oxygen atoms in total. The lowest BCUT2D eigenvalue weighted by molar-refractivity contribution is 0.0664. The number of nitrogens with zero attached hydrogens (tertiary/aromatic N) is 2. The van der Waals surface area contributed by atoms with Crippen LogP contribution in [0.1, 0.15) is 41.3 Å². The van der Waals surface area contributed by atoms with E-state index in [1.54, 1.807) is 24.1 Å². The SMILES string of the molecule is CCC(C)N(Cc1csc(COc2ccccc2OC)n1)C(=O)c1ccccc1F. The minimum atomic E-state index is -0.514. The number of thiazole rings is 1. The van der Waals surface area contributed by atoms with Gasteiger partial charge >= 0.3 is 0 Å². The summed E-state index contributed by atoms with van der Waals surface area (Å²) in [6, 6.07) is 13.4. The summed E-state index contributed by atoms with van der Waals surface area (Å²) in [5.74, 6) is 0.461. The van der Waals surface area contributed by atoms with Crippen LogP contribution in [-0.4, -0.2) is 28.9 Å². The summed E-state index contributed by atoms with van der Waals surface area (Å²) in [6.45, 7) is 4.57. The number of halogens is 1. The summed E-state index contributed by atoms with van der Waals surface area (Å²) in [5.41, 5.74) is 0.830. The highest BCUT2D eigenvalue weighted by molar-refractivity contribution is 7.09. The molecule has 0 aliphatic carbocycles. The molecule has 1 aromatic heterocycles. The van der Waals surface area contributed by atoms with Crippen molar-refractivity contribution >= 4 is 17.2 Å². The normalized spacial score (nSPS) is 11.7. The van der Waals surface area contributed by atoms with Crippen LogP contribution in [0.15, 0.2) is 53.9 Å². The van der Waals surface area contributed by atoms with Gasteiger partial charge in [-0.1, -0.05) is 31.2 Å². The highest BCUT2D eigenvalue weighted by Crippen LogP contribution is 2.27. The number of para-hydroxylation sites is 2. The molecular weight excluding hydrogens is 403 g/mol. The summed E-state index contributed by atoms with van der Waals surface area (Å²) in [7, 11) is 1.60. The van der Waals surface area contributed by atoms with E-state index in [2.05, 4.69) is 4.98 Å². The Morgan fingerprint density at radius 3 is 2.57 bits per heavy atom. The smallest absolute Gasteiger partial charge is 0.257 e. The molecule has 30 heavy (non-hydrogen) atoms. The molecule has 0 spiro atoms. The number of methoxy groups -OCH3 is 1. The number of benzene rings is 2. The fourth-order valence-corrected chi connectivity index (χ4v) is 3.67. The van der Waals surface area contributed by atoms with Crippen LogP contribution in [0.3, 0.4) is 0 Å². The highest BCUT2D eigenvalue weighted by Gasteiger charge is 2.24. The molecule has 158 valence electrons. The van der Waals surface area contributed by atoms with Gasteiger partial charge in [0.25, 0.3) is 5.91 Å². The lowest BCUT2D eigenvalue weighted by atomic mass is 10.1. The van der Waals surface area contributed by atoms with Crippen LogP contribution in [-0.2, 0) is 13.2 Å². The highest BCUT2D eigenvalue weighted by atomic mass is 32.1. The second-order valence-corrected chi connectivity index (χ2v) is 7.78. The maximum atomic E-state index is 14.1. The van der Waals surface area contributed by atoms with Crippen molar-refractivity contribution in [3.8, 4) is 11.5 Å². The monoisotopic (exact) mass is 428 g/mol. The van der Waals surface area contributed by atoms with E-state index < -0.39 is 5.82 Å². The molecule has 3 rings (SSSR count). The Labute approximate surface area is 180 Å². The molecule has 1 heterocycles. The second-order valence-electron chi connectivity index (χ2n) is 6.84. The summed E-state index contributed by atoms with van der Waals surface area (Å²) in [4.78, 5) is 19.2. The third kappa shape index (κ3) is 5.16. The van der Waals surface area contributed by atoms with Gasteiger partial charge in [-0.05, 0) is 37.6 Å². The van der Waals surface area contributed by atoms with Gasteiger partial charge in [0.15, 0.2) is 11.5 Å². The number of rotatable bonds is 9. The lowest BCUT2D eigenvalue weighted by Gasteiger charge is -2.28. The molecule has 1 unspecified atom stereocenters. The average Bonchev–Trinajstić information content (AvgIpc) is 3.23. The van der Waals surface area contributed by atoms with E-state index in [1.165, 1.54) is 23.5 Å². The number of carbonyl (C=O) groups excluding carboxylic acids is 1. The van der Waals surface area contributed by atoms with Crippen molar-refractivity contribution in [1.82, 2.24) is 9.88 Å². The van der Waals surface area contributed by atoms with Gasteiger partial charge in [-0.3, -0.25) is 4.79 Å². The van der Waals surface area contributed by atoms with E-state index in [0.29, 0.717) is 24.7 Å². The first-order valence-corrected chi connectivity index (χ1v) is 10.7. The Morgan fingerprint density at radius 2 is 1.87 bits per heavy atom. The van der Waals surface area contributed by atoms with Crippen molar-refractivity contribution in [2.45, 2.75) is 39.5 Å². The summed E-state index contributed by atoms with van der Waals surface area (Å²) in [6.07, 6.45) is 0.758. The molecule has 1 amide bonds. The van der Waals surface area contributed by atoms with E-state index in [4.69, 9.17) is 9.47 Å². The molecule has 0 N–H and O–H groups in total. The van der Waals surface area contributed by atoms with Crippen molar-refractivity contribution in [2.75, 3.05) is 7.11 Å². The van der Waals surface area contributed by atoms with Crippen LogP contribution in [0.5, 0.6) is 11.5 Å². The Bertz CT molecular complexity index is 992. The molecule has 0 saturated carbocycles. The number of hydrogen-bond acceptors (Lipinski definition) is 5. The molecule has 2 aromatic carbocycles. The quantitative estimate of drug-likeness (QED) is 0.463. The molecule has 0 saturated heterocycles. The Kier molecular flexibility index (Phi) is 7.41. The number of hydrogen-bond donors (Lipinski definition) is 0. The van der Waals surface area contributed by atoms with E-state index in [-0.39, 0.29) is 17.5 Å². The zero-order valence-corrected chi connectivity index (χ0v) is 18.1. The zero-order valence-electron chi connectivity index (χ0n) is 17.3. The molecule has 0 radical (unpaired) electrons. The van der Waals surface area contributed by atoms with Crippen molar-refractivity contribution in [3.05, 3.63) is 76.0 Å². The summed E-state index contributed by atoms with van der Waals surface area (Å²) in [5, 5.41) is 2.70. The molecule has 0 aliphatic rings.